The summed E-state index contributed by atoms with van der Waals surface area (Å²) in [7, 11) is 3.24. The van der Waals surface area contributed by atoms with Crippen LogP contribution in [0.5, 0.6) is 11.5 Å². The van der Waals surface area contributed by atoms with Crippen molar-refractivity contribution in [2.45, 2.75) is 12.5 Å². The number of oxime groups is 1. The molecule has 0 amide bonds. The lowest BCUT2D eigenvalue weighted by Gasteiger charge is -2.15. The van der Waals surface area contributed by atoms with Gasteiger partial charge in [-0.1, -0.05) is 17.3 Å². The van der Waals surface area contributed by atoms with Gasteiger partial charge in [0, 0.05) is 5.56 Å². The van der Waals surface area contributed by atoms with Crippen LogP contribution in [0.4, 0.5) is 4.39 Å². The smallest absolute Gasteiger partial charge is 0.161 e. The third-order valence-electron chi connectivity index (χ3n) is 4.50. The zero-order valence-corrected chi connectivity index (χ0v) is 12.9. The van der Waals surface area contributed by atoms with Gasteiger partial charge in [0.05, 0.1) is 25.8 Å². The van der Waals surface area contributed by atoms with Gasteiger partial charge in [-0.15, -0.1) is 0 Å². The van der Waals surface area contributed by atoms with Crippen molar-refractivity contribution in [2.75, 3.05) is 14.2 Å². The van der Waals surface area contributed by atoms with E-state index in [1.807, 2.05) is 12.1 Å². The highest BCUT2D eigenvalue weighted by molar-refractivity contribution is 6.07. The van der Waals surface area contributed by atoms with Crippen molar-refractivity contribution in [3.8, 4) is 11.5 Å². The molecule has 4 rings (SSSR count). The topological polar surface area (TPSA) is 40.0 Å². The summed E-state index contributed by atoms with van der Waals surface area (Å²) >= 11 is 0. The first-order valence-electron chi connectivity index (χ1n) is 7.45. The Bertz CT molecular complexity index is 786. The van der Waals surface area contributed by atoms with Crippen LogP contribution in [0.15, 0.2) is 41.6 Å². The number of rotatable bonds is 3. The molecule has 0 radical (unpaired) electrons. The molecule has 2 atom stereocenters. The van der Waals surface area contributed by atoms with Crippen molar-refractivity contribution in [1.82, 2.24) is 0 Å². The molecule has 0 saturated heterocycles. The molecule has 2 aromatic carbocycles. The number of methoxy groups -OCH3 is 2. The lowest BCUT2D eigenvalue weighted by molar-refractivity contribution is 0.0614. The average Bonchev–Trinajstić information content (AvgIpc) is 3.13. The Kier molecular flexibility index (Phi) is 3.22. The Hall–Kier alpha value is -2.56. The zero-order chi connectivity index (χ0) is 16.0. The molecular formula is C18H16FNO3. The molecule has 0 spiro atoms. The zero-order valence-electron chi connectivity index (χ0n) is 12.9. The highest BCUT2D eigenvalue weighted by atomic mass is 19.1. The number of halogens is 1. The SMILES string of the molecule is COc1cc2c(cc1OC)C1=NOC(c3ccc(F)cc3)C1C2. The van der Waals surface area contributed by atoms with E-state index in [9.17, 15) is 4.39 Å². The van der Waals surface area contributed by atoms with Gasteiger partial charge in [-0.05, 0) is 41.8 Å². The number of fused-ring (bicyclic) bond motifs is 3. The van der Waals surface area contributed by atoms with Gasteiger partial charge in [-0.2, -0.15) is 0 Å². The highest BCUT2D eigenvalue weighted by Crippen LogP contribution is 2.45. The predicted octanol–water partition coefficient (Wildman–Crippen LogP) is 3.49. The minimum Gasteiger partial charge on any atom is -0.493 e. The Balaban J connectivity index is 1.70. The van der Waals surface area contributed by atoms with E-state index in [0.29, 0.717) is 11.5 Å². The van der Waals surface area contributed by atoms with E-state index in [1.165, 1.54) is 17.7 Å². The van der Waals surface area contributed by atoms with Crippen molar-refractivity contribution in [2.24, 2.45) is 11.1 Å². The summed E-state index contributed by atoms with van der Waals surface area (Å²) in [6, 6.07) is 10.3. The summed E-state index contributed by atoms with van der Waals surface area (Å²) in [4.78, 5) is 5.63. The van der Waals surface area contributed by atoms with Crippen LogP contribution < -0.4 is 9.47 Å². The lowest BCUT2D eigenvalue weighted by Crippen LogP contribution is -2.14. The van der Waals surface area contributed by atoms with Crippen LogP contribution in [-0.4, -0.2) is 19.9 Å². The fraction of sp³-hybridized carbons (Fsp3) is 0.278. The van der Waals surface area contributed by atoms with E-state index in [2.05, 4.69) is 5.16 Å². The maximum Gasteiger partial charge on any atom is 0.161 e. The minimum absolute atomic E-state index is 0.132. The van der Waals surface area contributed by atoms with Crippen molar-refractivity contribution in [3.63, 3.8) is 0 Å². The Morgan fingerprint density at radius 2 is 1.78 bits per heavy atom. The lowest BCUT2D eigenvalue weighted by atomic mass is 9.93. The first-order chi connectivity index (χ1) is 11.2. The Morgan fingerprint density at radius 1 is 1.09 bits per heavy atom. The van der Waals surface area contributed by atoms with Crippen molar-refractivity contribution >= 4 is 5.71 Å². The average molecular weight is 313 g/mol. The number of nitrogens with zero attached hydrogens (tertiary/aromatic N) is 1. The largest absolute Gasteiger partial charge is 0.493 e. The number of benzene rings is 2. The second kappa shape index (κ2) is 5.26. The molecule has 0 aromatic heterocycles. The summed E-state index contributed by atoms with van der Waals surface area (Å²) < 4.78 is 23.9. The van der Waals surface area contributed by atoms with Gasteiger partial charge >= 0.3 is 0 Å². The van der Waals surface area contributed by atoms with Crippen molar-refractivity contribution in [1.29, 1.82) is 0 Å². The maximum atomic E-state index is 13.1. The molecule has 1 aliphatic carbocycles. The second-order valence-electron chi connectivity index (χ2n) is 5.73. The second-order valence-corrected chi connectivity index (χ2v) is 5.73. The van der Waals surface area contributed by atoms with E-state index in [0.717, 1.165) is 23.3 Å². The third-order valence-corrected chi connectivity index (χ3v) is 4.50. The van der Waals surface area contributed by atoms with Crippen LogP contribution in [0.2, 0.25) is 0 Å². The summed E-state index contributed by atoms with van der Waals surface area (Å²) in [6.45, 7) is 0. The van der Waals surface area contributed by atoms with Crippen LogP contribution in [-0.2, 0) is 11.3 Å². The molecule has 4 nitrogen and oxygen atoms in total. The molecule has 0 fully saturated rings. The molecular weight excluding hydrogens is 297 g/mol. The summed E-state index contributed by atoms with van der Waals surface area (Å²) in [5, 5.41) is 4.28. The maximum absolute atomic E-state index is 13.1. The molecule has 23 heavy (non-hydrogen) atoms. The standard InChI is InChI=1S/C18H16FNO3/c1-21-15-8-11-7-14-17(13(11)9-16(15)22-2)20-23-18(14)10-3-5-12(19)6-4-10/h3-6,8-9,14,18H,7H2,1-2H3. The first kappa shape index (κ1) is 14.1. The van der Waals surface area contributed by atoms with Gasteiger partial charge < -0.3 is 14.3 Å². The molecule has 2 aliphatic rings. The van der Waals surface area contributed by atoms with Gasteiger partial charge in [0.2, 0.25) is 0 Å². The fourth-order valence-electron chi connectivity index (χ4n) is 3.36. The Labute approximate surface area is 133 Å². The van der Waals surface area contributed by atoms with Crippen LogP contribution >= 0.6 is 0 Å². The number of ether oxygens (including phenoxy) is 2. The molecule has 2 unspecified atom stereocenters. The molecule has 0 saturated carbocycles. The van der Waals surface area contributed by atoms with Crippen LogP contribution in [0.25, 0.3) is 0 Å². The van der Waals surface area contributed by atoms with E-state index in [-0.39, 0.29) is 17.8 Å². The quantitative estimate of drug-likeness (QED) is 0.871. The molecule has 1 aliphatic heterocycles. The van der Waals surface area contributed by atoms with E-state index < -0.39 is 0 Å². The minimum atomic E-state index is -0.253. The highest BCUT2D eigenvalue weighted by Gasteiger charge is 2.42. The molecule has 2 aromatic rings. The Morgan fingerprint density at radius 3 is 2.48 bits per heavy atom. The third kappa shape index (κ3) is 2.15. The summed E-state index contributed by atoms with van der Waals surface area (Å²) in [5.74, 6) is 1.27. The van der Waals surface area contributed by atoms with Gasteiger partial charge in [-0.25, -0.2) is 4.39 Å². The van der Waals surface area contributed by atoms with Gasteiger partial charge in [0.15, 0.2) is 17.6 Å². The van der Waals surface area contributed by atoms with Gasteiger partial charge in [-0.3, -0.25) is 0 Å². The van der Waals surface area contributed by atoms with E-state index in [1.54, 1.807) is 26.4 Å². The number of hydrogen-bond donors (Lipinski definition) is 0. The van der Waals surface area contributed by atoms with Crippen LogP contribution in [0.1, 0.15) is 22.8 Å². The fourth-order valence-corrected chi connectivity index (χ4v) is 3.36. The molecule has 118 valence electrons. The molecule has 1 heterocycles. The van der Waals surface area contributed by atoms with Gasteiger partial charge in [0.1, 0.15) is 5.82 Å². The molecule has 5 heteroatoms. The van der Waals surface area contributed by atoms with E-state index >= 15 is 0 Å². The normalized spacial score (nSPS) is 21.3. The van der Waals surface area contributed by atoms with Crippen molar-refractivity contribution < 1.29 is 18.7 Å². The summed E-state index contributed by atoms with van der Waals surface area (Å²) in [6.07, 6.45) is 0.631. The van der Waals surface area contributed by atoms with Crippen LogP contribution in [0.3, 0.4) is 0 Å². The molecule has 0 bridgehead atoms. The molecule has 0 N–H and O–H groups in total. The van der Waals surface area contributed by atoms with Crippen molar-refractivity contribution in [3.05, 3.63) is 58.9 Å². The van der Waals surface area contributed by atoms with E-state index in [4.69, 9.17) is 14.3 Å². The van der Waals surface area contributed by atoms with Crippen LogP contribution in [0, 0.1) is 11.7 Å². The predicted molar refractivity (Wildman–Crippen MR) is 83.5 cm³/mol. The first-order valence-corrected chi connectivity index (χ1v) is 7.45. The van der Waals surface area contributed by atoms with Gasteiger partial charge in [0.25, 0.3) is 0 Å². The number of hydrogen-bond acceptors (Lipinski definition) is 4. The summed E-state index contributed by atoms with van der Waals surface area (Å²) in [5.41, 5.74) is 4.07. The monoisotopic (exact) mass is 313 g/mol.